The number of rotatable bonds is 3. The fourth-order valence-corrected chi connectivity index (χ4v) is 4.85. The number of hydrogen-bond donors (Lipinski definition) is 3. The fourth-order valence-electron chi connectivity index (χ4n) is 4.16. The largest absolute Gasteiger partial charge is 0.465 e. The van der Waals surface area contributed by atoms with E-state index in [1.807, 2.05) is 0 Å². The molecule has 2 amide bonds. The van der Waals surface area contributed by atoms with Gasteiger partial charge >= 0.3 is 6.09 Å². The number of nitrogens with zero attached hydrogens (tertiary/aromatic N) is 3. The number of halogens is 5. The molecule has 0 radical (unpaired) electrons. The van der Waals surface area contributed by atoms with Crippen molar-refractivity contribution < 1.29 is 24.2 Å². The van der Waals surface area contributed by atoms with E-state index in [0.29, 0.717) is 11.0 Å². The third kappa shape index (κ3) is 3.66. The summed E-state index contributed by atoms with van der Waals surface area (Å²) < 4.78 is 15.2. The zero-order valence-corrected chi connectivity index (χ0v) is 21.2. The minimum Gasteiger partial charge on any atom is -0.465 e. The molecule has 13 heteroatoms. The van der Waals surface area contributed by atoms with Gasteiger partial charge in [-0.05, 0) is 36.4 Å². The summed E-state index contributed by atoms with van der Waals surface area (Å²) >= 11 is 18.8. The van der Waals surface area contributed by atoms with Crippen molar-refractivity contribution in [2.24, 2.45) is 0 Å². The second-order valence-electron chi connectivity index (χ2n) is 7.80. The molecule has 8 nitrogen and oxygen atoms in total. The molecule has 3 aromatic carbocycles. The topological polar surface area (TPSA) is 110 Å². The number of carbonyl (C=O) groups excluding carboxylic acids is 1. The number of carbonyl (C=O) groups is 2. The molecule has 3 N–H and O–H groups in total. The third-order valence-electron chi connectivity index (χ3n) is 5.84. The summed E-state index contributed by atoms with van der Waals surface area (Å²) in [6.45, 7) is 0. The summed E-state index contributed by atoms with van der Waals surface area (Å²) in [5.74, 6) is -1.67. The van der Waals surface area contributed by atoms with E-state index in [4.69, 9.17) is 34.8 Å². The molecular formula is C23H15Cl4FN4O4. The third-order valence-corrected chi connectivity index (χ3v) is 6.76. The van der Waals surface area contributed by atoms with Crippen LogP contribution in [-0.2, 0) is 5.72 Å². The van der Waals surface area contributed by atoms with Crippen molar-refractivity contribution in [3.63, 3.8) is 0 Å². The van der Waals surface area contributed by atoms with E-state index in [2.05, 4.69) is 9.97 Å². The van der Waals surface area contributed by atoms with Gasteiger partial charge in [0.25, 0.3) is 5.91 Å². The van der Waals surface area contributed by atoms with Gasteiger partial charge in [-0.25, -0.2) is 14.2 Å². The van der Waals surface area contributed by atoms with Gasteiger partial charge in [-0.1, -0.05) is 46.9 Å². The number of fused-ring (bicyclic) bond motifs is 2. The molecule has 0 spiro atoms. The Hall–Kier alpha value is -3.08. The van der Waals surface area contributed by atoms with E-state index in [1.165, 1.54) is 55.6 Å². The van der Waals surface area contributed by atoms with Gasteiger partial charge in [0.1, 0.15) is 0 Å². The van der Waals surface area contributed by atoms with Crippen molar-refractivity contribution in [3.05, 3.63) is 86.1 Å². The summed E-state index contributed by atoms with van der Waals surface area (Å²) in [5.41, 5.74) is -1.83. The monoisotopic (exact) mass is 570 g/mol. The van der Waals surface area contributed by atoms with Gasteiger partial charge in [-0.3, -0.25) is 14.6 Å². The van der Waals surface area contributed by atoms with Crippen LogP contribution in [0.1, 0.15) is 21.5 Å². The van der Waals surface area contributed by atoms with Crippen molar-refractivity contribution in [2.75, 3.05) is 16.8 Å². The van der Waals surface area contributed by atoms with Crippen LogP contribution in [0.15, 0.2) is 48.5 Å². The number of hydrogen-bond acceptors (Lipinski definition) is 4. The number of aromatic nitrogens is 2. The van der Waals surface area contributed by atoms with Crippen LogP contribution in [0.5, 0.6) is 0 Å². The molecule has 0 aliphatic carbocycles. The smallest absolute Gasteiger partial charge is 0.413 e. The predicted molar refractivity (Wildman–Crippen MR) is 137 cm³/mol. The number of aromatic amines is 1. The molecule has 0 bridgehead atoms. The highest BCUT2D eigenvalue weighted by molar-refractivity contribution is 6.38. The fraction of sp³-hybridized carbons (Fsp3) is 0.0870. The van der Waals surface area contributed by atoms with Crippen LogP contribution in [0.4, 0.5) is 20.8 Å². The zero-order valence-electron chi connectivity index (χ0n) is 18.1. The number of carboxylic acid groups (broad SMARTS) is 1. The Balaban J connectivity index is 0.00000304. The van der Waals surface area contributed by atoms with E-state index in [9.17, 15) is 19.8 Å². The highest BCUT2D eigenvalue weighted by atomic mass is 35.5. The number of amides is 2. The maximum absolute atomic E-state index is 15.2. The van der Waals surface area contributed by atoms with Gasteiger partial charge in [-0.15, -0.1) is 12.4 Å². The van der Waals surface area contributed by atoms with Crippen LogP contribution in [0.2, 0.25) is 15.1 Å². The van der Waals surface area contributed by atoms with E-state index in [-0.39, 0.29) is 55.8 Å². The Morgan fingerprint density at radius 3 is 2.50 bits per heavy atom. The van der Waals surface area contributed by atoms with Gasteiger partial charge in [0, 0.05) is 23.2 Å². The van der Waals surface area contributed by atoms with Crippen molar-refractivity contribution >= 4 is 81.9 Å². The van der Waals surface area contributed by atoms with Crippen molar-refractivity contribution in [3.8, 4) is 0 Å². The van der Waals surface area contributed by atoms with Crippen LogP contribution in [-0.4, -0.2) is 39.2 Å². The first-order chi connectivity index (χ1) is 16.6. The van der Waals surface area contributed by atoms with Crippen molar-refractivity contribution in [1.82, 2.24) is 9.97 Å². The number of aliphatic hydroxyl groups is 1. The second kappa shape index (κ2) is 9.10. The molecule has 1 aliphatic heterocycles. The Labute approximate surface area is 224 Å². The average Bonchev–Trinajstić information content (AvgIpc) is 3.35. The summed E-state index contributed by atoms with van der Waals surface area (Å²) in [6, 6.07) is 11.3. The quantitative estimate of drug-likeness (QED) is 0.277. The van der Waals surface area contributed by atoms with Gasteiger partial charge in [0.15, 0.2) is 5.82 Å². The number of anilines is 2. The van der Waals surface area contributed by atoms with Crippen LogP contribution < -0.4 is 9.80 Å². The molecule has 2 heterocycles. The lowest BCUT2D eigenvalue weighted by molar-refractivity contribution is 0.0699. The normalized spacial score (nSPS) is 16.7. The number of imidazole rings is 1. The maximum Gasteiger partial charge on any atom is 0.413 e. The first-order valence-electron chi connectivity index (χ1n) is 10.0. The molecule has 0 saturated heterocycles. The Morgan fingerprint density at radius 1 is 1.11 bits per heavy atom. The zero-order chi connectivity index (χ0) is 25.2. The van der Waals surface area contributed by atoms with Gasteiger partial charge in [0.2, 0.25) is 11.7 Å². The number of benzene rings is 3. The SMILES string of the molecule is CN(C(=O)O)c1nc2ccc(C3(O)c4c(Cl)ccc(Cl)c4C(=O)N3c3cccc(Cl)c3F)cc2[nH]1.Cl. The average molecular weight is 572 g/mol. The molecule has 0 saturated carbocycles. The highest BCUT2D eigenvalue weighted by Gasteiger charge is 2.54. The van der Waals surface area contributed by atoms with Crippen LogP contribution in [0.3, 0.4) is 0 Å². The molecule has 1 aromatic heterocycles. The standard InChI is InChI=1S/C23H14Cl3FN4O4.ClH/c1-30(22(33)34)21-28-14-8-5-10(9-15(14)29-21)23(35)18-12(25)7-6-11(24)17(18)20(32)31(23)16-4-2-3-13(26)19(16)27;/h2-9,35H,1H3,(H,28,29)(H,33,34);1H. The predicted octanol–water partition coefficient (Wildman–Crippen LogP) is 6.05. The molecule has 1 aliphatic rings. The molecule has 4 aromatic rings. The molecular weight excluding hydrogens is 557 g/mol. The van der Waals surface area contributed by atoms with Crippen molar-refractivity contribution in [2.45, 2.75) is 5.72 Å². The highest BCUT2D eigenvalue weighted by Crippen LogP contribution is 2.50. The number of nitrogens with one attached hydrogen (secondary N) is 1. The summed E-state index contributed by atoms with van der Waals surface area (Å²) in [5, 5.41) is 21.2. The van der Waals surface area contributed by atoms with E-state index < -0.39 is 23.5 Å². The Morgan fingerprint density at radius 2 is 1.81 bits per heavy atom. The second-order valence-corrected chi connectivity index (χ2v) is 9.02. The first kappa shape index (κ1) is 26.0. The molecule has 186 valence electrons. The molecule has 5 rings (SSSR count). The summed E-state index contributed by atoms with van der Waals surface area (Å²) in [4.78, 5) is 33.7. The minimum absolute atomic E-state index is 0. The lowest BCUT2D eigenvalue weighted by atomic mass is 9.93. The molecule has 36 heavy (non-hydrogen) atoms. The lowest BCUT2D eigenvalue weighted by Gasteiger charge is -2.35. The molecule has 1 atom stereocenters. The van der Waals surface area contributed by atoms with Crippen LogP contribution in [0, 0.1) is 5.82 Å². The summed E-state index contributed by atoms with van der Waals surface area (Å²) in [6.07, 6.45) is -1.23. The van der Waals surface area contributed by atoms with E-state index in [0.717, 1.165) is 9.80 Å². The van der Waals surface area contributed by atoms with Crippen molar-refractivity contribution in [1.29, 1.82) is 0 Å². The minimum atomic E-state index is -2.29. The maximum atomic E-state index is 15.2. The molecule has 0 fully saturated rings. The molecule has 1 unspecified atom stereocenters. The number of H-pyrrole nitrogens is 1. The van der Waals surface area contributed by atoms with Gasteiger partial charge in [-0.2, -0.15) is 0 Å². The van der Waals surface area contributed by atoms with Crippen LogP contribution >= 0.6 is 47.2 Å². The van der Waals surface area contributed by atoms with Gasteiger partial charge in [0.05, 0.1) is 32.3 Å². The van der Waals surface area contributed by atoms with E-state index in [1.54, 1.807) is 0 Å². The van der Waals surface area contributed by atoms with E-state index >= 15 is 4.39 Å². The Kier molecular flexibility index (Phi) is 6.57. The summed E-state index contributed by atoms with van der Waals surface area (Å²) in [7, 11) is 1.31. The first-order valence-corrected chi connectivity index (χ1v) is 11.2. The van der Waals surface area contributed by atoms with Crippen LogP contribution in [0.25, 0.3) is 11.0 Å². The Bertz CT molecular complexity index is 1560. The lowest BCUT2D eigenvalue weighted by Crippen LogP contribution is -2.45. The van der Waals surface area contributed by atoms with Gasteiger partial charge < -0.3 is 15.2 Å².